The summed E-state index contributed by atoms with van der Waals surface area (Å²) in [4.78, 5) is 25.0. The second-order valence-electron chi connectivity index (χ2n) is 10.1. The maximum atomic E-state index is 13.6. The third-order valence-electron chi connectivity index (χ3n) is 6.00. The van der Waals surface area contributed by atoms with E-state index in [0.717, 1.165) is 14.6 Å². The molecule has 1 unspecified atom stereocenters. The highest BCUT2D eigenvalue weighted by Gasteiger charge is 2.34. The number of fused-ring (bicyclic) bond motifs is 1. The number of anilines is 1. The predicted molar refractivity (Wildman–Crippen MR) is 153 cm³/mol. The van der Waals surface area contributed by atoms with Crippen LogP contribution in [-0.2, 0) is 14.8 Å². The van der Waals surface area contributed by atoms with E-state index in [-0.39, 0.29) is 10.7 Å². The van der Waals surface area contributed by atoms with Crippen molar-refractivity contribution in [1.29, 1.82) is 0 Å². The predicted octanol–water partition coefficient (Wildman–Crippen LogP) is 6.70. The van der Waals surface area contributed by atoms with Gasteiger partial charge in [-0.25, -0.2) is 17.8 Å². The minimum Gasteiger partial charge on any atom is -0.443 e. The molecule has 0 bridgehead atoms. The van der Waals surface area contributed by atoms with Gasteiger partial charge >= 0.3 is 6.09 Å². The van der Waals surface area contributed by atoms with Gasteiger partial charge in [0, 0.05) is 20.3 Å². The van der Waals surface area contributed by atoms with E-state index in [9.17, 15) is 23.3 Å². The van der Waals surface area contributed by atoms with E-state index in [0.29, 0.717) is 22.0 Å². The van der Waals surface area contributed by atoms with Gasteiger partial charge in [0.25, 0.3) is 10.0 Å². The van der Waals surface area contributed by atoms with Crippen LogP contribution >= 0.6 is 15.9 Å². The van der Waals surface area contributed by atoms with Gasteiger partial charge in [0.2, 0.25) is 6.54 Å². The Labute approximate surface area is 235 Å². The first-order valence-corrected chi connectivity index (χ1v) is 14.4. The minimum absolute atomic E-state index is 0.0190. The molecule has 0 spiro atoms. The molecule has 0 amide bonds. The van der Waals surface area contributed by atoms with Crippen molar-refractivity contribution in [1.82, 2.24) is 4.57 Å². The molecule has 0 fully saturated rings. The van der Waals surface area contributed by atoms with E-state index < -0.39 is 39.1 Å². The molecule has 0 saturated heterocycles. The molecule has 1 N–H and O–H groups in total. The Morgan fingerprint density at radius 3 is 2.26 bits per heavy atom. The van der Waals surface area contributed by atoms with Gasteiger partial charge in [-0.15, -0.1) is 0 Å². The molecule has 1 atom stereocenters. The fourth-order valence-electron chi connectivity index (χ4n) is 4.33. The summed E-state index contributed by atoms with van der Waals surface area (Å²) in [5, 5.41) is 12.4. The molecule has 0 radical (unpaired) electrons. The van der Waals surface area contributed by atoms with Crippen molar-refractivity contribution in [3.8, 4) is 0 Å². The zero-order valence-corrected chi connectivity index (χ0v) is 24.2. The average Bonchev–Trinajstić information content (AvgIpc) is 3.15. The Morgan fingerprint density at radius 1 is 1.05 bits per heavy atom. The van der Waals surface area contributed by atoms with Gasteiger partial charge in [0.1, 0.15) is 11.4 Å². The van der Waals surface area contributed by atoms with Crippen molar-refractivity contribution in [3.05, 3.63) is 104 Å². The van der Waals surface area contributed by atoms with E-state index in [4.69, 9.17) is 4.74 Å². The number of carbonyl (C=O) groups excluding carboxylic acids is 1. The number of nitrogens with zero attached hydrogens (tertiary/aromatic N) is 2. The molecule has 39 heavy (non-hydrogen) atoms. The quantitative estimate of drug-likeness (QED) is 0.183. The van der Waals surface area contributed by atoms with Gasteiger partial charge < -0.3 is 4.74 Å². The molecule has 0 aliphatic carbocycles. The highest BCUT2D eigenvalue weighted by Crippen LogP contribution is 2.41. The molecule has 0 aliphatic rings. The third kappa shape index (κ3) is 6.31. The monoisotopic (exact) mass is 613 g/mol. The lowest BCUT2D eigenvalue weighted by Gasteiger charge is -2.22. The molecular weight excluding hydrogens is 586 g/mol. The molecular formula is C28H28BrN3O6S. The first kappa shape index (κ1) is 28.3. The maximum absolute atomic E-state index is 13.6. The zero-order valence-electron chi connectivity index (χ0n) is 21.8. The molecule has 11 heteroatoms. The molecule has 3 aromatic carbocycles. The minimum atomic E-state index is -4.21. The Bertz CT molecular complexity index is 1640. The van der Waals surface area contributed by atoms with Crippen LogP contribution < -0.4 is 4.72 Å². The van der Waals surface area contributed by atoms with Gasteiger partial charge in [-0.2, -0.15) is 0 Å². The summed E-state index contributed by atoms with van der Waals surface area (Å²) in [7, 11) is -4.21. The number of benzene rings is 3. The second kappa shape index (κ2) is 10.8. The number of aryl methyl sites for hydroxylation is 1. The SMILES string of the molecule is Cc1ccc(S(=O)(=O)Nc2c(C(C[N+](=O)[O-])c3ccc(Br)cc3)c3ccccc3n2C(=O)OC(C)(C)C)cc1. The summed E-state index contributed by atoms with van der Waals surface area (Å²) in [6, 6.07) is 20.0. The third-order valence-corrected chi connectivity index (χ3v) is 7.89. The summed E-state index contributed by atoms with van der Waals surface area (Å²) >= 11 is 3.39. The molecule has 1 heterocycles. The smallest absolute Gasteiger partial charge is 0.420 e. The fourth-order valence-corrected chi connectivity index (χ4v) is 5.66. The standard InChI is InChI=1S/C28H28BrN3O6S/c1-18-9-15-21(16-10-18)39(36,37)30-26-25(23(17-31(34)35)19-11-13-20(29)14-12-19)22-7-5-6-8-24(22)32(26)27(33)38-28(2,3)4/h5-16,23,30H,17H2,1-4H3. The number of rotatable bonds is 7. The van der Waals surface area contributed by atoms with Crippen LogP contribution in [0.2, 0.25) is 0 Å². The fraction of sp³-hybridized carbons (Fsp3) is 0.250. The Hall–Kier alpha value is -3.70. The van der Waals surface area contributed by atoms with E-state index in [1.165, 1.54) is 12.1 Å². The van der Waals surface area contributed by atoms with Crippen LogP contribution in [0.25, 0.3) is 10.9 Å². The molecule has 9 nitrogen and oxygen atoms in total. The average molecular weight is 615 g/mol. The first-order valence-electron chi connectivity index (χ1n) is 12.1. The number of aromatic nitrogens is 1. The molecule has 4 aromatic rings. The van der Waals surface area contributed by atoms with Gasteiger partial charge in [0.15, 0.2) is 0 Å². The number of carbonyl (C=O) groups is 1. The van der Waals surface area contributed by atoms with Crippen molar-refractivity contribution in [2.24, 2.45) is 0 Å². The highest BCUT2D eigenvalue weighted by atomic mass is 79.9. The lowest BCUT2D eigenvalue weighted by Crippen LogP contribution is -2.29. The number of ether oxygens (including phenoxy) is 1. The van der Waals surface area contributed by atoms with Crippen LogP contribution in [0.1, 0.15) is 43.4 Å². The Balaban J connectivity index is 2.04. The number of halogens is 1. The summed E-state index contributed by atoms with van der Waals surface area (Å²) in [5.74, 6) is -1.00. The second-order valence-corrected chi connectivity index (χ2v) is 12.7. The normalized spacial score (nSPS) is 12.7. The molecule has 1 aromatic heterocycles. The number of nitrogens with one attached hydrogen (secondary N) is 1. The number of hydrogen-bond acceptors (Lipinski definition) is 6. The largest absolute Gasteiger partial charge is 0.443 e. The van der Waals surface area contributed by atoms with Gasteiger partial charge in [-0.05, 0) is 63.6 Å². The number of nitro groups is 1. The Kier molecular flexibility index (Phi) is 7.85. The lowest BCUT2D eigenvalue weighted by atomic mass is 9.90. The highest BCUT2D eigenvalue weighted by molar-refractivity contribution is 9.10. The molecule has 204 valence electrons. The van der Waals surface area contributed by atoms with Crippen molar-refractivity contribution >= 4 is 48.8 Å². The maximum Gasteiger partial charge on any atom is 0.420 e. The first-order chi connectivity index (χ1) is 18.3. The summed E-state index contributed by atoms with van der Waals surface area (Å²) < 4.78 is 37.4. The van der Waals surface area contributed by atoms with Gasteiger partial charge in [-0.3, -0.25) is 14.8 Å². The number of sulfonamides is 1. The van der Waals surface area contributed by atoms with Crippen molar-refractivity contribution in [2.75, 3.05) is 11.3 Å². The van der Waals surface area contributed by atoms with Crippen molar-refractivity contribution < 1.29 is 22.9 Å². The summed E-state index contributed by atoms with van der Waals surface area (Å²) in [5.41, 5.74) is 1.22. The topological polar surface area (TPSA) is 121 Å². The van der Waals surface area contributed by atoms with Crippen LogP contribution in [0.4, 0.5) is 10.6 Å². The van der Waals surface area contributed by atoms with Crippen LogP contribution in [0, 0.1) is 17.0 Å². The number of para-hydroxylation sites is 1. The van der Waals surface area contributed by atoms with Crippen LogP contribution in [-0.4, -0.2) is 36.1 Å². The van der Waals surface area contributed by atoms with Crippen molar-refractivity contribution in [2.45, 2.75) is 44.1 Å². The van der Waals surface area contributed by atoms with Gasteiger partial charge in [0.05, 0.1) is 16.3 Å². The number of hydrogen-bond donors (Lipinski definition) is 1. The van der Waals surface area contributed by atoms with E-state index in [1.54, 1.807) is 81.4 Å². The van der Waals surface area contributed by atoms with Crippen LogP contribution in [0.3, 0.4) is 0 Å². The van der Waals surface area contributed by atoms with Crippen LogP contribution in [0.15, 0.2) is 82.2 Å². The lowest BCUT2D eigenvalue weighted by molar-refractivity contribution is -0.481. The van der Waals surface area contributed by atoms with Crippen molar-refractivity contribution in [3.63, 3.8) is 0 Å². The summed E-state index contributed by atoms with van der Waals surface area (Å²) in [6.45, 7) is 6.40. The van der Waals surface area contributed by atoms with Gasteiger partial charge in [-0.1, -0.05) is 64.0 Å². The molecule has 4 rings (SSSR count). The Morgan fingerprint density at radius 2 is 1.67 bits per heavy atom. The zero-order chi connectivity index (χ0) is 28.5. The summed E-state index contributed by atoms with van der Waals surface area (Å²) in [6.07, 6.45) is -0.817. The van der Waals surface area contributed by atoms with E-state index in [2.05, 4.69) is 20.7 Å². The van der Waals surface area contributed by atoms with Crippen LogP contribution in [0.5, 0.6) is 0 Å². The van der Waals surface area contributed by atoms with E-state index >= 15 is 0 Å². The van der Waals surface area contributed by atoms with E-state index in [1.807, 2.05) is 6.92 Å². The molecule has 0 aliphatic heterocycles. The molecule has 0 saturated carbocycles.